The van der Waals surface area contributed by atoms with E-state index in [0.717, 1.165) is 24.0 Å². The molecule has 5 rings (SSSR count). The van der Waals surface area contributed by atoms with Crippen molar-refractivity contribution in [2.45, 2.75) is 55.7 Å². The van der Waals surface area contributed by atoms with Crippen LogP contribution >= 0.6 is 23.1 Å². The van der Waals surface area contributed by atoms with Crippen LogP contribution in [-0.4, -0.2) is 33.6 Å². The highest BCUT2D eigenvalue weighted by Gasteiger charge is 2.48. The Morgan fingerprint density at radius 2 is 1.72 bits per heavy atom. The quantitative estimate of drug-likeness (QED) is 0.0457. The summed E-state index contributed by atoms with van der Waals surface area (Å²) in [5.74, 6) is -0.673. The van der Waals surface area contributed by atoms with Gasteiger partial charge in [0, 0.05) is 11.3 Å². The fraction of sp³-hybridized carbons (Fsp3) is 0.273. The third kappa shape index (κ3) is 6.81. The first-order chi connectivity index (χ1) is 20.8. The van der Waals surface area contributed by atoms with Gasteiger partial charge in [0.1, 0.15) is 17.3 Å². The molecule has 1 atom stereocenters. The van der Waals surface area contributed by atoms with Gasteiger partial charge in [-0.15, -0.1) is 10.2 Å². The van der Waals surface area contributed by atoms with Crippen LogP contribution in [0.15, 0.2) is 82.7 Å². The molecule has 1 N–H and O–H groups in total. The highest BCUT2D eigenvalue weighted by Crippen LogP contribution is 2.44. The number of ether oxygens (including phenoxy) is 1. The zero-order valence-corrected chi connectivity index (χ0v) is 25.8. The fourth-order valence-corrected chi connectivity index (χ4v) is 6.51. The van der Waals surface area contributed by atoms with Gasteiger partial charge in [0.05, 0.1) is 18.2 Å². The fourth-order valence-electron chi connectivity index (χ4n) is 4.69. The van der Waals surface area contributed by atoms with Crippen molar-refractivity contribution in [3.8, 4) is 5.75 Å². The predicted molar refractivity (Wildman–Crippen MR) is 168 cm³/mol. The zero-order chi connectivity index (χ0) is 30.5. The molecule has 3 aromatic carbocycles. The third-order valence-electron chi connectivity index (χ3n) is 7.14. The van der Waals surface area contributed by atoms with Crippen LogP contribution in [-0.2, 0) is 15.3 Å². The van der Waals surface area contributed by atoms with Crippen molar-refractivity contribution in [1.82, 2.24) is 10.2 Å². The summed E-state index contributed by atoms with van der Waals surface area (Å²) in [5, 5.41) is 20.2. The molecule has 1 aromatic heterocycles. The number of amides is 1. The van der Waals surface area contributed by atoms with Gasteiger partial charge in [-0.3, -0.25) is 14.5 Å². The van der Waals surface area contributed by atoms with Crippen molar-refractivity contribution >= 4 is 45.7 Å². The van der Waals surface area contributed by atoms with Crippen LogP contribution in [0.5, 0.6) is 5.75 Å². The van der Waals surface area contributed by atoms with E-state index in [4.69, 9.17) is 4.74 Å². The van der Waals surface area contributed by atoms with E-state index in [2.05, 4.69) is 31.0 Å². The van der Waals surface area contributed by atoms with E-state index in [1.54, 1.807) is 36.4 Å². The van der Waals surface area contributed by atoms with E-state index in [0.29, 0.717) is 39.5 Å². The number of rotatable bonds is 11. The first kappa shape index (κ1) is 30.4. The molecule has 0 spiro atoms. The Balaban J connectivity index is 1.49. The maximum Gasteiger partial charge on any atom is 0.301 e. The summed E-state index contributed by atoms with van der Waals surface area (Å²) in [6.45, 7) is 6.85. The van der Waals surface area contributed by atoms with E-state index < -0.39 is 17.7 Å². The smallest absolute Gasteiger partial charge is 0.301 e. The van der Waals surface area contributed by atoms with E-state index in [9.17, 15) is 19.1 Å². The second kappa shape index (κ2) is 13.5. The molecule has 1 fully saturated rings. The van der Waals surface area contributed by atoms with E-state index in [1.807, 2.05) is 24.3 Å². The summed E-state index contributed by atoms with van der Waals surface area (Å²) in [6.07, 6.45) is 1.94. The van der Waals surface area contributed by atoms with Crippen LogP contribution in [0.3, 0.4) is 0 Å². The van der Waals surface area contributed by atoms with E-state index in [-0.39, 0.29) is 22.3 Å². The van der Waals surface area contributed by atoms with Crippen LogP contribution < -0.4 is 9.64 Å². The highest BCUT2D eigenvalue weighted by atomic mass is 32.2. The lowest BCUT2D eigenvalue weighted by molar-refractivity contribution is -0.132. The van der Waals surface area contributed by atoms with Gasteiger partial charge < -0.3 is 9.84 Å². The van der Waals surface area contributed by atoms with E-state index >= 15 is 0 Å². The van der Waals surface area contributed by atoms with Crippen LogP contribution in [0.2, 0.25) is 0 Å². The number of benzene rings is 3. The van der Waals surface area contributed by atoms with Crippen LogP contribution in [0.1, 0.15) is 67.8 Å². The molecule has 0 aliphatic carbocycles. The first-order valence-corrected chi connectivity index (χ1v) is 15.9. The van der Waals surface area contributed by atoms with E-state index in [1.165, 1.54) is 40.1 Å². The zero-order valence-electron chi connectivity index (χ0n) is 24.1. The highest BCUT2D eigenvalue weighted by molar-refractivity contribution is 8.00. The molecule has 43 heavy (non-hydrogen) atoms. The predicted octanol–water partition coefficient (Wildman–Crippen LogP) is 7.90. The normalized spacial score (nSPS) is 16.3. The number of aromatic nitrogens is 2. The number of unbranched alkanes of at least 4 members (excludes halogenated alkanes) is 1. The summed E-state index contributed by atoms with van der Waals surface area (Å²) in [6, 6.07) is 19.8. The minimum absolute atomic E-state index is 0.0161. The summed E-state index contributed by atoms with van der Waals surface area (Å²) >= 11 is 2.59. The molecule has 10 heteroatoms. The molecule has 1 amide bonds. The summed E-state index contributed by atoms with van der Waals surface area (Å²) in [7, 11) is 0. The largest absolute Gasteiger partial charge is 0.507 e. The maximum absolute atomic E-state index is 13.5. The van der Waals surface area contributed by atoms with Gasteiger partial charge in [-0.2, -0.15) is 0 Å². The lowest BCUT2D eigenvalue weighted by atomic mass is 9.93. The Labute approximate surface area is 258 Å². The van der Waals surface area contributed by atoms with Gasteiger partial charge in [0.15, 0.2) is 4.34 Å². The van der Waals surface area contributed by atoms with Crippen molar-refractivity contribution in [3.63, 3.8) is 0 Å². The summed E-state index contributed by atoms with van der Waals surface area (Å²) in [5.41, 5.74) is 3.07. The number of nitrogens with zero attached hydrogens (tertiary/aromatic N) is 3. The van der Waals surface area contributed by atoms with Crippen molar-refractivity contribution < 1.29 is 23.8 Å². The molecular weight excluding hydrogens is 586 g/mol. The van der Waals surface area contributed by atoms with Crippen molar-refractivity contribution in [1.29, 1.82) is 0 Å². The summed E-state index contributed by atoms with van der Waals surface area (Å²) in [4.78, 5) is 28.4. The number of carbonyl (C=O) groups is 2. The summed E-state index contributed by atoms with van der Waals surface area (Å²) < 4.78 is 19.6. The maximum atomic E-state index is 13.5. The molecule has 222 valence electrons. The van der Waals surface area contributed by atoms with Gasteiger partial charge in [-0.05, 0) is 65.4 Å². The number of carbonyl (C=O) groups excluding carboxylic acids is 2. The van der Waals surface area contributed by atoms with Crippen molar-refractivity contribution in [2.75, 3.05) is 11.5 Å². The molecule has 2 heterocycles. The number of hydrogen-bond acceptors (Lipinski definition) is 8. The molecule has 4 aromatic rings. The molecule has 1 aliphatic rings. The van der Waals surface area contributed by atoms with Gasteiger partial charge in [-0.1, -0.05) is 86.7 Å². The number of halogens is 1. The lowest BCUT2D eigenvalue weighted by Crippen LogP contribution is -2.29. The van der Waals surface area contributed by atoms with Crippen molar-refractivity contribution in [3.05, 3.63) is 106 Å². The average Bonchev–Trinajstić information content (AvgIpc) is 3.58. The van der Waals surface area contributed by atoms with Gasteiger partial charge in [-0.25, -0.2) is 4.39 Å². The third-order valence-corrected chi connectivity index (χ3v) is 9.26. The molecule has 1 saturated heterocycles. The minimum atomic E-state index is -0.899. The molecule has 0 saturated carbocycles. The number of ketones is 1. The molecule has 0 bridgehead atoms. The van der Waals surface area contributed by atoms with Gasteiger partial charge in [0.2, 0.25) is 5.13 Å². The minimum Gasteiger partial charge on any atom is -0.507 e. The Kier molecular flexibility index (Phi) is 9.57. The average molecular weight is 618 g/mol. The second-order valence-corrected chi connectivity index (χ2v) is 12.7. The molecule has 0 radical (unpaired) electrons. The topological polar surface area (TPSA) is 92.6 Å². The van der Waals surface area contributed by atoms with Crippen LogP contribution in [0.4, 0.5) is 9.52 Å². The monoisotopic (exact) mass is 617 g/mol. The molecular formula is C33H32FN3O4S2. The number of aliphatic hydroxyl groups is 1. The second-order valence-electron chi connectivity index (χ2n) is 10.5. The van der Waals surface area contributed by atoms with Crippen LogP contribution in [0, 0.1) is 5.82 Å². The Bertz CT molecular complexity index is 1620. The van der Waals surface area contributed by atoms with Crippen LogP contribution in [0.25, 0.3) is 5.76 Å². The molecule has 7 nitrogen and oxygen atoms in total. The lowest BCUT2D eigenvalue weighted by Gasteiger charge is -2.23. The number of thioether (sulfide) groups is 1. The Morgan fingerprint density at radius 3 is 2.37 bits per heavy atom. The number of aliphatic hydroxyl groups excluding tert-OH is 1. The first-order valence-electron chi connectivity index (χ1n) is 14.1. The van der Waals surface area contributed by atoms with Gasteiger partial charge >= 0.3 is 5.91 Å². The Hall–Kier alpha value is -4.02. The SMILES string of the molecule is CCCCOc1ccc(C(O)=C2C(=O)C(=O)N(c3nnc(SCc4ccc(F)cc4)s3)[C@@H]2c2ccc(C(C)C)cc2)cc1. The number of Topliss-reactive ketones (excluding diaryl/α,β-unsaturated/α-hetero) is 1. The van der Waals surface area contributed by atoms with Gasteiger partial charge in [0.25, 0.3) is 5.78 Å². The molecule has 1 aliphatic heterocycles. The standard InChI is InChI=1S/C33H32FN3O4S2/c1-4-5-18-41-26-16-12-24(13-17-26)29(38)27-28(23-10-8-22(9-11-23)20(2)3)37(31(40)30(27)39)32-35-36-33(43-32)42-19-21-6-14-25(34)15-7-21/h6-17,20,28,38H,4-5,18-19H2,1-3H3/t28-/m1/s1. The number of anilines is 1. The Morgan fingerprint density at radius 1 is 1.02 bits per heavy atom. The van der Waals surface area contributed by atoms with Crippen molar-refractivity contribution in [2.24, 2.45) is 0 Å². The number of hydrogen-bond donors (Lipinski definition) is 1. The molecule has 0 unspecified atom stereocenters.